The van der Waals surface area contributed by atoms with Gasteiger partial charge in [-0.15, -0.1) is 0 Å². The molecule has 0 saturated heterocycles. The fourth-order valence-electron chi connectivity index (χ4n) is 0.528. The lowest BCUT2D eigenvalue weighted by Crippen LogP contribution is -2.14. The summed E-state index contributed by atoms with van der Waals surface area (Å²) in [7, 11) is 0. The molecule has 0 aliphatic carbocycles. The molecule has 1 amide bonds. The van der Waals surface area contributed by atoms with Crippen molar-refractivity contribution >= 4 is 19.8 Å². The first-order valence-corrected chi connectivity index (χ1v) is 3.06. The van der Waals surface area contributed by atoms with E-state index in [1.165, 1.54) is 0 Å². The largest absolute Gasteiger partial charge is 0.353 e. The normalized spacial score (nSPS) is 11.4. The van der Waals surface area contributed by atoms with Crippen molar-refractivity contribution in [3.63, 3.8) is 0 Å². The van der Waals surface area contributed by atoms with Crippen LogP contribution in [-0.2, 0) is 4.79 Å². The molecule has 0 saturated carbocycles. The molecule has 11 heavy (non-hydrogen) atoms. The molecule has 0 aromatic carbocycles. The molecule has 0 bridgehead atoms. The molecule has 0 aliphatic heterocycles. The second-order valence-electron chi connectivity index (χ2n) is 1.85. The minimum atomic E-state index is 0.345. The quantitative estimate of drug-likeness (QED) is 0.450. The first-order chi connectivity index (χ1) is 5.26. The van der Waals surface area contributed by atoms with E-state index in [4.69, 9.17) is 0 Å². The Labute approximate surface area is 65.7 Å². The Morgan fingerprint density at radius 1 is 1.55 bits per heavy atom. The van der Waals surface area contributed by atoms with Gasteiger partial charge in [0.2, 0.25) is 6.41 Å². The zero-order chi connectivity index (χ0) is 8.69. The Hall–Kier alpha value is -1.45. The van der Waals surface area contributed by atoms with Gasteiger partial charge in [-0.2, -0.15) is 0 Å². The molecule has 0 heterocycles. The molecule has 1 N–H and O–H groups in total. The maximum atomic E-state index is 9.89. The van der Waals surface area contributed by atoms with E-state index in [2.05, 4.69) is 28.7 Å². The van der Waals surface area contributed by atoms with E-state index in [1.807, 2.05) is 0 Å². The number of hydrogen-bond acceptors (Lipinski definition) is 3. The Morgan fingerprint density at radius 3 is 2.55 bits per heavy atom. The molecule has 0 aliphatic rings. The number of nitrogens with zero attached hydrogens (tertiary/aromatic N) is 2. The summed E-state index contributed by atoms with van der Waals surface area (Å²) in [5.74, 6) is 0. The SMILES string of the molecule is C=N/C(C)=C(/CNC=O)N=C. The summed E-state index contributed by atoms with van der Waals surface area (Å²) >= 11 is 0. The number of carbonyl (C=O) groups excluding carboxylic acids is 1. The van der Waals surface area contributed by atoms with Crippen molar-refractivity contribution in [2.45, 2.75) is 6.92 Å². The first kappa shape index (κ1) is 9.55. The van der Waals surface area contributed by atoms with Crippen molar-refractivity contribution in [2.24, 2.45) is 9.98 Å². The summed E-state index contributed by atoms with van der Waals surface area (Å²) in [6.07, 6.45) is 0.599. The zero-order valence-corrected chi connectivity index (χ0v) is 6.50. The van der Waals surface area contributed by atoms with Crippen molar-refractivity contribution in [2.75, 3.05) is 6.54 Å². The van der Waals surface area contributed by atoms with E-state index < -0.39 is 0 Å². The molecule has 60 valence electrons. The predicted octanol–water partition coefficient (Wildman–Crippen LogP) is 0.365. The van der Waals surface area contributed by atoms with Gasteiger partial charge in [0.05, 0.1) is 17.9 Å². The summed E-state index contributed by atoms with van der Waals surface area (Å²) in [6.45, 7) is 8.76. The van der Waals surface area contributed by atoms with Crippen molar-refractivity contribution in [1.82, 2.24) is 5.32 Å². The van der Waals surface area contributed by atoms with Gasteiger partial charge in [-0.1, -0.05) is 0 Å². The number of nitrogens with one attached hydrogen (secondary N) is 1. The van der Waals surface area contributed by atoms with Crippen molar-refractivity contribution in [1.29, 1.82) is 0 Å². The van der Waals surface area contributed by atoms with Gasteiger partial charge in [0.15, 0.2) is 0 Å². The molecule has 0 unspecified atom stereocenters. The van der Waals surface area contributed by atoms with Crippen LogP contribution in [0.3, 0.4) is 0 Å². The number of amides is 1. The van der Waals surface area contributed by atoms with Crippen LogP contribution >= 0.6 is 0 Å². The summed E-state index contributed by atoms with van der Waals surface area (Å²) in [5, 5.41) is 2.45. The van der Waals surface area contributed by atoms with Gasteiger partial charge >= 0.3 is 0 Å². The highest BCUT2D eigenvalue weighted by Crippen LogP contribution is 2.03. The van der Waals surface area contributed by atoms with Crippen LogP contribution < -0.4 is 5.32 Å². The average Bonchev–Trinajstić information content (AvgIpc) is 2.05. The summed E-state index contributed by atoms with van der Waals surface area (Å²) in [6, 6.07) is 0. The molecule has 4 nitrogen and oxygen atoms in total. The fraction of sp³-hybridized carbons (Fsp3) is 0.286. The van der Waals surface area contributed by atoms with Crippen LogP contribution in [0, 0.1) is 0 Å². The van der Waals surface area contributed by atoms with Crippen molar-refractivity contribution < 1.29 is 4.79 Å². The number of aliphatic imine (C=N–C) groups is 2. The third kappa shape index (κ3) is 3.30. The standard InChI is InChI=1S/C7H11N3O/c1-6(8-2)7(9-3)4-10-5-11/h5H,2-4H2,1H3,(H,10,11)/b7-6-. The molecular weight excluding hydrogens is 142 g/mol. The number of hydrogen-bond donors (Lipinski definition) is 1. The van der Waals surface area contributed by atoms with E-state index >= 15 is 0 Å². The maximum Gasteiger partial charge on any atom is 0.207 e. The Balaban J connectivity index is 4.25. The van der Waals surface area contributed by atoms with Crippen molar-refractivity contribution in [3.8, 4) is 0 Å². The molecule has 4 heteroatoms. The molecule has 0 aromatic heterocycles. The van der Waals surface area contributed by atoms with E-state index in [0.29, 0.717) is 24.3 Å². The highest BCUT2D eigenvalue weighted by Gasteiger charge is 1.95. The zero-order valence-electron chi connectivity index (χ0n) is 6.50. The van der Waals surface area contributed by atoms with Gasteiger partial charge in [-0.3, -0.25) is 14.8 Å². The van der Waals surface area contributed by atoms with Crippen LogP contribution in [0.15, 0.2) is 21.4 Å². The lowest BCUT2D eigenvalue weighted by molar-refractivity contribution is -0.109. The van der Waals surface area contributed by atoms with Gasteiger partial charge in [0.1, 0.15) is 0 Å². The molecule has 0 radical (unpaired) electrons. The van der Waals surface area contributed by atoms with Crippen molar-refractivity contribution in [3.05, 3.63) is 11.4 Å². The van der Waals surface area contributed by atoms with Crippen LogP contribution in [-0.4, -0.2) is 26.4 Å². The summed E-state index contributed by atoms with van der Waals surface area (Å²) in [4.78, 5) is 17.2. The van der Waals surface area contributed by atoms with E-state index in [1.54, 1.807) is 6.92 Å². The van der Waals surface area contributed by atoms with E-state index in [0.717, 1.165) is 0 Å². The Bertz CT molecular complexity index is 196. The smallest absolute Gasteiger partial charge is 0.207 e. The number of carbonyl (C=O) groups is 1. The first-order valence-electron chi connectivity index (χ1n) is 3.06. The monoisotopic (exact) mass is 153 g/mol. The maximum absolute atomic E-state index is 9.89. The Kier molecular flexibility index (Phi) is 4.64. The van der Waals surface area contributed by atoms with E-state index in [9.17, 15) is 4.79 Å². The molecular formula is C7H11N3O. The minimum Gasteiger partial charge on any atom is -0.353 e. The molecule has 0 spiro atoms. The highest BCUT2D eigenvalue weighted by atomic mass is 16.1. The summed E-state index contributed by atoms with van der Waals surface area (Å²) < 4.78 is 0. The third-order valence-electron chi connectivity index (χ3n) is 1.20. The lowest BCUT2D eigenvalue weighted by Gasteiger charge is -2.00. The fourth-order valence-corrected chi connectivity index (χ4v) is 0.528. The van der Waals surface area contributed by atoms with Crippen LogP contribution in [0.2, 0.25) is 0 Å². The lowest BCUT2D eigenvalue weighted by atomic mass is 10.3. The van der Waals surface area contributed by atoms with Crippen LogP contribution in [0.4, 0.5) is 0 Å². The van der Waals surface area contributed by atoms with Gasteiger partial charge < -0.3 is 5.32 Å². The van der Waals surface area contributed by atoms with Crippen LogP contribution in [0.25, 0.3) is 0 Å². The number of rotatable bonds is 5. The summed E-state index contributed by atoms with van der Waals surface area (Å²) in [5.41, 5.74) is 1.31. The molecule has 0 fully saturated rings. The molecule has 0 rings (SSSR count). The molecule has 0 aromatic rings. The third-order valence-corrected chi connectivity index (χ3v) is 1.20. The second kappa shape index (κ2) is 5.34. The van der Waals surface area contributed by atoms with Crippen LogP contribution in [0.1, 0.15) is 6.92 Å². The molecule has 0 atom stereocenters. The van der Waals surface area contributed by atoms with Gasteiger partial charge in [0.25, 0.3) is 0 Å². The predicted molar refractivity (Wildman–Crippen MR) is 45.9 cm³/mol. The van der Waals surface area contributed by atoms with Gasteiger partial charge in [-0.05, 0) is 20.4 Å². The highest BCUT2D eigenvalue weighted by molar-refractivity contribution is 5.47. The minimum absolute atomic E-state index is 0.345. The number of allylic oxidation sites excluding steroid dienone is 1. The Morgan fingerprint density at radius 2 is 2.18 bits per heavy atom. The second-order valence-corrected chi connectivity index (χ2v) is 1.85. The van der Waals surface area contributed by atoms with Gasteiger partial charge in [0, 0.05) is 0 Å². The van der Waals surface area contributed by atoms with Crippen LogP contribution in [0.5, 0.6) is 0 Å². The topological polar surface area (TPSA) is 53.8 Å². The van der Waals surface area contributed by atoms with E-state index in [-0.39, 0.29) is 0 Å². The average molecular weight is 153 g/mol. The van der Waals surface area contributed by atoms with Gasteiger partial charge in [-0.25, -0.2) is 0 Å².